The lowest BCUT2D eigenvalue weighted by Gasteiger charge is -2.49. The monoisotopic (exact) mass is 691 g/mol. The third-order valence-corrected chi connectivity index (χ3v) is 12.8. The van der Waals surface area contributed by atoms with Gasteiger partial charge in [0.2, 0.25) is 11.8 Å². The summed E-state index contributed by atoms with van der Waals surface area (Å²) in [5.74, 6) is -0.0565. The highest BCUT2D eigenvalue weighted by atomic mass is 32.1. The lowest BCUT2D eigenvalue weighted by Crippen LogP contribution is -2.66. The average molecular weight is 692 g/mol. The highest BCUT2D eigenvalue weighted by Crippen LogP contribution is 2.61. The number of aryl methyl sites for hydroxylation is 1. The number of hydrogen-bond donors (Lipinski definition) is 3. The number of imidazole rings is 1. The van der Waals surface area contributed by atoms with Crippen LogP contribution >= 0.6 is 18.9 Å². The van der Waals surface area contributed by atoms with Crippen LogP contribution in [0.2, 0.25) is 0 Å². The average Bonchev–Trinajstić information content (AvgIpc) is 3.41. The van der Waals surface area contributed by atoms with Gasteiger partial charge in [0, 0.05) is 42.9 Å². The Labute approximate surface area is 273 Å². The summed E-state index contributed by atoms with van der Waals surface area (Å²) in [6.45, 7) is 2.81. The molecule has 3 N–H and O–H groups in total. The third kappa shape index (κ3) is 5.21. The first-order valence-electron chi connectivity index (χ1n) is 15.5. The first-order chi connectivity index (χ1) is 22.1. The molecule has 1 aromatic carbocycles. The van der Waals surface area contributed by atoms with Crippen molar-refractivity contribution in [1.29, 1.82) is 0 Å². The van der Waals surface area contributed by atoms with Crippen molar-refractivity contribution in [3.63, 3.8) is 0 Å². The number of nitrogens with one attached hydrogen (secondary N) is 1. The molecule has 0 bridgehead atoms. The predicted molar refractivity (Wildman–Crippen MR) is 167 cm³/mol. The number of likely N-dealkylation sites (tertiary alicyclic amines) is 1. The molecule has 3 aliphatic heterocycles. The maximum Gasteiger partial charge on any atom is 0.399 e. The van der Waals surface area contributed by atoms with Crippen molar-refractivity contribution in [3.05, 3.63) is 52.9 Å². The Hall–Kier alpha value is -3.23. The van der Waals surface area contributed by atoms with Gasteiger partial charge >= 0.3 is 13.3 Å². The van der Waals surface area contributed by atoms with Crippen molar-refractivity contribution in [2.45, 2.75) is 68.4 Å². The van der Waals surface area contributed by atoms with Crippen LogP contribution in [0, 0.1) is 11.3 Å². The molecule has 1 aliphatic carbocycles. The number of aromatic nitrogens is 2. The molecular formula is C31H36F2N5O7PS. The minimum absolute atomic E-state index is 0.00276. The van der Waals surface area contributed by atoms with Crippen molar-refractivity contribution >= 4 is 46.7 Å². The molecule has 0 spiro atoms. The van der Waals surface area contributed by atoms with E-state index in [-0.39, 0.29) is 39.5 Å². The Balaban J connectivity index is 1.11. The summed E-state index contributed by atoms with van der Waals surface area (Å²) in [6.07, 6.45) is 6.84. The van der Waals surface area contributed by atoms with E-state index in [0.29, 0.717) is 37.1 Å². The SMILES string of the molecule is COC1(c2nccn2C)CN(C(=O)[C@@H]2CC[C@@H]3C[C@@]4(C)C[C@H]4C[C@H](NC(=O)c4cc5cc(C(F)(F)P(=O)(O)O)ccc5s4)C(=O)N32)C1. The first-order valence-corrected chi connectivity index (χ1v) is 17.9. The smallest absolute Gasteiger partial charge is 0.367 e. The van der Waals surface area contributed by atoms with Crippen molar-refractivity contribution in [2.24, 2.45) is 18.4 Å². The summed E-state index contributed by atoms with van der Waals surface area (Å²) in [6, 6.07) is 2.88. The minimum atomic E-state index is -5.76. The Kier molecular flexibility index (Phi) is 7.49. The van der Waals surface area contributed by atoms with Crippen molar-refractivity contribution < 1.29 is 42.3 Å². The molecule has 0 radical (unpaired) electrons. The molecule has 3 saturated heterocycles. The lowest BCUT2D eigenvalue weighted by atomic mass is 9.90. The van der Waals surface area contributed by atoms with E-state index in [1.165, 1.54) is 12.1 Å². The molecule has 3 aromatic rings. The van der Waals surface area contributed by atoms with Crippen molar-refractivity contribution in [1.82, 2.24) is 24.7 Å². The molecule has 0 unspecified atom stereocenters. The number of carbonyl (C=O) groups excluding carboxylic acids is 3. The first kappa shape index (κ1) is 32.3. The van der Waals surface area contributed by atoms with Gasteiger partial charge in [0.1, 0.15) is 17.9 Å². The molecule has 2 aromatic heterocycles. The molecule has 1 saturated carbocycles. The number of ether oxygens (including phenoxy) is 1. The van der Waals surface area contributed by atoms with Gasteiger partial charge in [0.15, 0.2) is 5.60 Å². The highest BCUT2D eigenvalue weighted by molar-refractivity contribution is 7.52. The fourth-order valence-corrected chi connectivity index (χ4v) is 9.27. The minimum Gasteiger partial charge on any atom is -0.367 e. The van der Waals surface area contributed by atoms with Gasteiger partial charge in [-0.15, -0.1) is 11.3 Å². The van der Waals surface area contributed by atoms with Crippen LogP contribution in [0.4, 0.5) is 8.78 Å². The van der Waals surface area contributed by atoms with Crippen molar-refractivity contribution in [3.8, 4) is 0 Å². The van der Waals surface area contributed by atoms with Gasteiger partial charge in [0.25, 0.3) is 5.91 Å². The predicted octanol–water partition coefficient (Wildman–Crippen LogP) is 3.52. The molecule has 12 nitrogen and oxygen atoms in total. The van der Waals surface area contributed by atoms with Crippen LogP contribution in [0.15, 0.2) is 36.7 Å². The molecule has 47 heavy (non-hydrogen) atoms. The topological polar surface area (TPSA) is 154 Å². The molecule has 5 heterocycles. The summed E-state index contributed by atoms with van der Waals surface area (Å²) in [5, 5.41) is 3.11. The van der Waals surface area contributed by atoms with E-state index in [2.05, 4.69) is 17.2 Å². The van der Waals surface area contributed by atoms with E-state index in [9.17, 15) is 27.7 Å². The molecule has 5 atom stereocenters. The molecule has 7 rings (SSSR count). The fourth-order valence-electron chi connectivity index (χ4n) is 7.85. The second-order valence-corrected chi connectivity index (χ2v) is 16.4. The van der Waals surface area contributed by atoms with Crippen LogP contribution < -0.4 is 5.32 Å². The zero-order valence-corrected chi connectivity index (χ0v) is 27.8. The van der Waals surface area contributed by atoms with Gasteiger partial charge < -0.3 is 34.2 Å². The normalized spacial score (nSPS) is 28.7. The molecular weight excluding hydrogens is 655 g/mol. The van der Waals surface area contributed by atoms with Gasteiger partial charge in [-0.2, -0.15) is 8.78 Å². The zero-order chi connectivity index (χ0) is 33.7. The van der Waals surface area contributed by atoms with Crippen LogP contribution in [0.25, 0.3) is 10.1 Å². The lowest BCUT2D eigenvalue weighted by molar-refractivity contribution is -0.173. The highest BCUT2D eigenvalue weighted by Gasteiger charge is 2.59. The second kappa shape index (κ2) is 10.9. The third-order valence-electron chi connectivity index (χ3n) is 10.7. The van der Waals surface area contributed by atoms with Crippen LogP contribution in [-0.2, 0) is 37.2 Å². The van der Waals surface area contributed by atoms with Gasteiger partial charge in [0.05, 0.1) is 18.0 Å². The largest absolute Gasteiger partial charge is 0.399 e. The van der Waals surface area contributed by atoms with E-state index < -0.39 is 42.4 Å². The number of amides is 3. The quantitative estimate of drug-likeness (QED) is 0.318. The molecule has 3 amide bonds. The summed E-state index contributed by atoms with van der Waals surface area (Å²) in [4.78, 5) is 68.0. The summed E-state index contributed by atoms with van der Waals surface area (Å²) < 4.78 is 48.2. The number of nitrogens with zero attached hydrogens (tertiary/aromatic N) is 4. The summed E-state index contributed by atoms with van der Waals surface area (Å²) in [7, 11) is -2.30. The van der Waals surface area contributed by atoms with Crippen LogP contribution in [0.3, 0.4) is 0 Å². The number of halogens is 2. The van der Waals surface area contributed by atoms with Gasteiger partial charge in [-0.1, -0.05) is 13.0 Å². The Bertz CT molecular complexity index is 1840. The standard InChI is InChI=1S/C31H36F2N5O7PS/c1-29-13-19(29)12-21(35-25(39)24-11-17-10-18(4-7-23(17)47-24)31(32,33)46(42,43)44)26(40)38-20(14-29)5-6-22(38)27(41)37-15-30(16-37,45-3)28-34-8-9-36(28)2/h4,7-11,19-22H,5-6,12-16H2,1-3H3,(H,35,39)(H2,42,43,44)/t19-,20-,21+,22+,29-/m1/s1. The van der Waals surface area contributed by atoms with Gasteiger partial charge in [-0.05, 0) is 67.0 Å². The van der Waals surface area contributed by atoms with E-state index in [1.54, 1.807) is 23.1 Å². The van der Waals surface area contributed by atoms with Crippen LogP contribution in [-0.4, -0.2) is 85.2 Å². The number of alkyl halides is 2. The van der Waals surface area contributed by atoms with Crippen LogP contribution in [0.5, 0.6) is 0 Å². The molecule has 16 heteroatoms. The Morgan fingerprint density at radius 3 is 2.60 bits per heavy atom. The number of thiophene rings is 1. The number of benzene rings is 1. The fraction of sp³-hybridized carbons (Fsp3) is 0.548. The van der Waals surface area contributed by atoms with Crippen LogP contribution in [0.1, 0.15) is 60.1 Å². The Morgan fingerprint density at radius 1 is 1.19 bits per heavy atom. The number of hydrogen-bond acceptors (Lipinski definition) is 7. The summed E-state index contributed by atoms with van der Waals surface area (Å²) >= 11 is 1.03. The number of rotatable bonds is 7. The second-order valence-electron chi connectivity index (χ2n) is 13.7. The van der Waals surface area contributed by atoms with Crippen molar-refractivity contribution in [2.75, 3.05) is 20.2 Å². The Morgan fingerprint density at radius 2 is 1.94 bits per heavy atom. The van der Waals surface area contributed by atoms with E-state index >= 15 is 0 Å². The molecule has 4 aliphatic rings. The van der Waals surface area contributed by atoms with E-state index in [0.717, 1.165) is 42.1 Å². The number of methoxy groups -OCH3 is 1. The number of carbonyl (C=O) groups is 3. The molecule has 252 valence electrons. The zero-order valence-electron chi connectivity index (χ0n) is 26.1. The maximum atomic E-state index is 14.3. The molecule has 4 fully saturated rings. The van der Waals surface area contributed by atoms with Gasteiger partial charge in [-0.3, -0.25) is 18.9 Å². The van der Waals surface area contributed by atoms with E-state index in [1.807, 2.05) is 17.8 Å². The maximum absolute atomic E-state index is 14.3. The van der Waals surface area contributed by atoms with E-state index in [4.69, 9.17) is 14.5 Å². The summed E-state index contributed by atoms with van der Waals surface area (Å²) in [5.41, 5.74) is -5.96. The number of fused-ring (bicyclic) bond motifs is 3. The van der Waals surface area contributed by atoms with Gasteiger partial charge in [-0.25, -0.2) is 4.98 Å².